The minimum Gasteiger partial charge on any atom is -0.369 e. The molecule has 0 saturated heterocycles. The van der Waals surface area contributed by atoms with Crippen LogP contribution < -0.4 is 11.1 Å². The topological polar surface area (TPSA) is 66.7 Å². The Morgan fingerprint density at radius 3 is 3.29 bits per heavy atom. The molecule has 4 N–H and O–H groups in total. The highest BCUT2D eigenvalue weighted by Crippen LogP contribution is 2.30. The summed E-state index contributed by atoms with van der Waals surface area (Å²) in [6.45, 7) is 0. The average Bonchev–Trinajstić information content (AvgIpc) is 2.65. The number of hydrogen-bond acceptors (Lipinski definition) is 3. The van der Waals surface area contributed by atoms with Crippen LogP contribution in [0.15, 0.2) is 18.3 Å². The number of rotatable bonds is 0. The van der Waals surface area contributed by atoms with Crippen molar-refractivity contribution in [2.24, 2.45) is 5.73 Å². The maximum absolute atomic E-state index is 5.87. The molecule has 2 heterocycles. The number of nitrogens with zero attached hydrogens (tertiary/aromatic N) is 1. The Hall–Kier alpha value is -1.55. The van der Waals surface area contributed by atoms with Crippen LogP contribution in [0, 0.1) is 0 Å². The molecule has 1 atom stereocenters. The molecule has 0 radical (unpaired) electrons. The van der Waals surface area contributed by atoms with Gasteiger partial charge in [-0.05, 0) is 24.5 Å². The number of anilines is 1. The first-order valence-electron chi connectivity index (χ1n) is 4.81. The molecule has 2 aromatic rings. The number of hydrogen-bond donors (Lipinski definition) is 3. The minimum absolute atomic E-state index is 0.0722. The number of aryl methyl sites for hydroxylation is 1. The lowest BCUT2D eigenvalue weighted by atomic mass is 9.99. The summed E-state index contributed by atoms with van der Waals surface area (Å²) >= 11 is 0. The maximum Gasteiger partial charge on any atom is 0.0746 e. The van der Waals surface area contributed by atoms with E-state index in [-0.39, 0.29) is 6.17 Å². The van der Waals surface area contributed by atoms with Gasteiger partial charge in [0.2, 0.25) is 0 Å². The molecule has 0 aliphatic carbocycles. The molecule has 1 unspecified atom stereocenters. The summed E-state index contributed by atoms with van der Waals surface area (Å²) in [6.07, 6.45) is 3.96. The van der Waals surface area contributed by atoms with Gasteiger partial charge in [0.15, 0.2) is 0 Å². The highest BCUT2D eigenvalue weighted by atomic mass is 15.1. The average molecular weight is 188 g/mol. The molecule has 1 aliphatic rings. The zero-order valence-electron chi connectivity index (χ0n) is 7.75. The van der Waals surface area contributed by atoms with E-state index >= 15 is 0 Å². The van der Waals surface area contributed by atoms with Gasteiger partial charge in [-0.3, -0.25) is 5.10 Å². The van der Waals surface area contributed by atoms with E-state index in [4.69, 9.17) is 5.73 Å². The zero-order valence-corrected chi connectivity index (χ0v) is 7.75. The van der Waals surface area contributed by atoms with Gasteiger partial charge in [-0.15, -0.1) is 0 Å². The van der Waals surface area contributed by atoms with Gasteiger partial charge >= 0.3 is 0 Å². The molecule has 1 aromatic heterocycles. The third-order valence-corrected chi connectivity index (χ3v) is 2.76. The molecule has 4 heteroatoms. The van der Waals surface area contributed by atoms with E-state index in [2.05, 4.69) is 27.6 Å². The van der Waals surface area contributed by atoms with Crippen molar-refractivity contribution in [2.75, 3.05) is 5.32 Å². The van der Waals surface area contributed by atoms with Crippen LogP contribution in [0.3, 0.4) is 0 Å². The lowest BCUT2D eigenvalue weighted by molar-refractivity contribution is 0.657. The van der Waals surface area contributed by atoms with E-state index in [1.165, 1.54) is 5.56 Å². The Morgan fingerprint density at radius 1 is 1.43 bits per heavy atom. The maximum atomic E-state index is 5.87. The number of aromatic nitrogens is 2. The second-order valence-corrected chi connectivity index (χ2v) is 3.72. The summed E-state index contributed by atoms with van der Waals surface area (Å²) in [5.74, 6) is 0. The SMILES string of the molecule is NC1CCc2ccc3[nH]ncc3c2N1. The van der Waals surface area contributed by atoms with Crippen molar-refractivity contribution in [3.05, 3.63) is 23.9 Å². The Labute approximate surface area is 81.5 Å². The van der Waals surface area contributed by atoms with Crippen molar-refractivity contribution in [1.29, 1.82) is 0 Å². The van der Waals surface area contributed by atoms with Crippen molar-refractivity contribution in [2.45, 2.75) is 19.0 Å². The summed E-state index contributed by atoms with van der Waals surface area (Å²) in [7, 11) is 0. The van der Waals surface area contributed by atoms with Crippen LogP contribution in [0.2, 0.25) is 0 Å². The van der Waals surface area contributed by atoms with Crippen LogP contribution in [0.25, 0.3) is 10.9 Å². The van der Waals surface area contributed by atoms with Gasteiger partial charge in [0, 0.05) is 11.1 Å². The van der Waals surface area contributed by atoms with Gasteiger partial charge < -0.3 is 11.1 Å². The number of aromatic amines is 1. The molecule has 4 nitrogen and oxygen atoms in total. The van der Waals surface area contributed by atoms with Gasteiger partial charge in [0.1, 0.15) is 0 Å². The van der Waals surface area contributed by atoms with Crippen LogP contribution in [0.1, 0.15) is 12.0 Å². The largest absolute Gasteiger partial charge is 0.369 e. The second kappa shape index (κ2) is 2.72. The van der Waals surface area contributed by atoms with Crippen LogP contribution in [-0.2, 0) is 6.42 Å². The van der Waals surface area contributed by atoms with Gasteiger partial charge in [0.25, 0.3) is 0 Å². The summed E-state index contributed by atoms with van der Waals surface area (Å²) in [4.78, 5) is 0. The molecule has 0 fully saturated rings. The minimum atomic E-state index is 0.0722. The van der Waals surface area contributed by atoms with E-state index in [1.54, 1.807) is 0 Å². The molecule has 0 amide bonds. The monoisotopic (exact) mass is 188 g/mol. The Balaban J connectivity index is 2.26. The fourth-order valence-corrected chi connectivity index (χ4v) is 2.01. The first-order valence-corrected chi connectivity index (χ1v) is 4.81. The lowest BCUT2D eigenvalue weighted by Gasteiger charge is -2.24. The first kappa shape index (κ1) is 7.82. The molecule has 0 spiro atoms. The van der Waals surface area contributed by atoms with E-state index in [0.717, 1.165) is 29.4 Å². The molecule has 1 aliphatic heterocycles. The first-order chi connectivity index (χ1) is 6.84. The van der Waals surface area contributed by atoms with Gasteiger partial charge in [-0.1, -0.05) is 6.07 Å². The Morgan fingerprint density at radius 2 is 2.36 bits per heavy atom. The Bertz CT molecular complexity index is 474. The van der Waals surface area contributed by atoms with Crippen molar-refractivity contribution < 1.29 is 0 Å². The molecule has 14 heavy (non-hydrogen) atoms. The fraction of sp³-hybridized carbons (Fsp3) is 0.300. The molecular formula is C10H12N4. The van der Waals surface area contributed by atoms with Gasteiger partial charge in [-0.25, -0.2) is 0 Å². The molecule has 3 rings (SSSR count). The summed E-state index contributed by atoms with van der Waals surface area (Å²) < 4.78 is 0. The second-order valence-electron chi connectivity index (χ2n) is 3.72. The number of nitrogens with two attached hydrogens (primary N) is 1. The highest BCUT2D eigenvalue weighted by Gasteiger charge is 2.16. The van der Waals surface area contributed by atoms with Crippen molar-refractivity contribution >= 4 is 16.6 Å². The predicted octanol–water partition coefficient (Wildman–Crippen LogP) is 1.21. The van der Waals surface area contributed by atoms with E-state index < -0.39 is 0 Å². The number of benzene rings is 1. The quantitative estimate of drug-likeness (QED) is 0.582. The fourth-order valence-electron chi connectivity index (χ4n) is 2.01. The van der Waals surface area contributed by atoms with Crippen LogP contribution in [0.5, 0.6) is 0 Å². The van der Waals surface area contributed by atoms with Crippen LogP contribution in [0.4, 0.5) is 5.69 Å². The number of nitrogens with one attached hydrogen (secondary N) is 2. The zero-order chi connectivity index (χ0) is 9.54. The lowest BCUT2D eigenvalue weighted by Crippen LogP contribution is -2.33. The van der Waals surface area contributed by atoms with Crippen molar-refractivity contribution in [1.82, 2.24) is 10.2 Å². The van der Waals surface area contributed by atoms with E-state index in [9.17, 15) is 0 Å². The Kier molecular flexibility index (Phi) is 1.52. The normalized spacial score (nSPS) is 20.5. The van der Waals surface area contributed by atoms with Crippen LogP contribution in [-0.4, -0.2) is 16.4 Å². The number of fused-ring (bicyclic) bond motifs is 3. The van der Waals surface area contributed by atoms with Gasteiger partial charge in [0.05, 0.1) is 17.9 Å². The summed E-state index contributed by atoms with van der Waals surface area (Å²) in [5, 5.41) is 11.4. The third kappa shape index (κ3) is 1.01. The highest BCUT2D eigenvalue weighted by molar-refractivity contribution is 5.93. The third-order valence-electron chi connectivity index (χ3n) is 2.76. The summed E-state index contributed by atoms with van der Waals surface area (Å²) in [6, 6.07) is 4.20. The smallest absolute Gasteiger partial charge is 0.0746 e. The van der Waals surface area contributed by atoms with Crippen molar-refractivity contribution in [3.63, 3.8) is 0 Å². The molecule has 1 aromatic carbocycles. The van der Waals surface area contributed by atoms with Crippen LogP contribution >= 0.6 is 0 Å². The molecule has 0 saturated carbocycles. The van der Waals surface area contributed by atoms with Gasteiger partial charge in [-0.2, -0.15) is 5.10 Å². The standard InChI is InChI=1S/C10H12N4/c11-9-4-2-6-1-3-8-7(5-12-14-8)10(6)13-9/h1,3,5,9,13H,2,4,11H2,(H,12,14). The van der Waals surface area contributed by atoms with E-state index in [1.807, 2.05) is 6.20 Å². The molecular weight excluding hydrogens is 176 g/mol. The van der Waals surface area contributed by atoms with Crippen molar-refractivity contribution in [3.8, 4) is 0 Å². The van der Waals surface area contributed by atoms with E-state index in [0.29, 0.717) is 0 Å². The summed E-state index contributed by atoms with van der Waals surface area (Å²) in [5.41, 5.74) is 9.41. The number of H-pyrrole nitrogens is 1. The molecule has 72 valence electrons. The molecule has 0 bridgehead atoms. The predicted molar refractivity (Wildman–Crippen MR) is 56.0 cm³/mol.